The van der Waals surface area contributed by atoms with Crippen molar-refractivity contribution in [2.45, 2.75) is 5.75 Å². The molecule has 2 rings (SSSR count). The first-order valence-electron chi connectivity index (χ1n) is 7.32. The van der Waals surface area contributed by atoms with Gasteiger partial charge in [0.05, 0.1) is 42.7 Å². The largest absolute Gasteiger partial charge is 0.497 e. The number of nitrogens with one attached hydrogen (secondary N) is 1. The van der Waals surface area contributed by atoms with E-state index in [1.807, 2.05) is 0 Å². The Hall–Kier alpha value is -2.09. The molecule has 9 heteroatoms. The van der Waals surface area contributed by atoms with Crippen molar-refractivity contribution in [1.82, 2.24) is 4.98 Å². The number of amides is 1. The molecule has 0 saturated carbocycles. The topological polar surface area (TPSA) is 77.5 Å². The molecule has 0 radical (unpaired) electrons. The van der Waals surface area contributed by atoms with E-state index >= 15 is 0 Å². The molecular weight excluding hydrogens is 399 g/mol. The number of carbonyl (C=O) groups is 1. The second-order valence-corrected chi connectivity index (χ2v) is 7.34. The van der Waals surface area contributed by atoms with Crippen LogP contribution in [0.1, 0.15) is 5.56 Å². The van der Waals surface area contributed by atoms with Gasteiger partial charge in [-0.3, -0.25) is 9.00 Å². The number of methoxy groups -OCH3 is 2. The van der Waals surface area contributed by atoms with E-state index in [1.165, 1.54) is 13.3 Å². The molecule has 0 bridgehead atoms. The van der Waals surface area contributed by atoms with Gasteiger partial charge in [0, 0.05) is 6.07 Å². The van der Waals surface area contributed by atoms with Crippen LogP contribution in [0.15, 0.2) is 52.0 Å². The molecule has 0 aliphatic rings. The molecule has 1 atom stereocenters. The SMILES string of the molecule is COc1ccc(C[S@](=O)/C(Cl)=C(/Cl)C(=O)Nc2ccc(OC)nc2)cc1. The number of benzene rings is 1. The van der Waals surface area contributed by atoms with Crippen molar-refractivity contribution < 1.29 is 18.5 Å². The zero-order chi connectivity index (χ0) is 19.1. The van der Waals surface area contributed by atoms with Crippen molar-refractivity contribution in [3.8, 4) is 11.6 Å². The van der Waals surface area contributed by atoms with Crippen LogP contribution in [0.25, 0.3) is 0 Å². The zero-order valence-corrected chi connectivity index (χ0v) is 16.3. The van der Waals surface area contributed by atoms with Crippen molar-refractivity contribution in [3.05, 3.63) is 57.6 Å². The molecule has 0 saturated heterocycles. The van der Waals surface area contributed by atoms with Gasteiger partial charge in [0.1, 0.15) is 15.1 Å². The fourth-order valence-electron chi connectivity index (χ4n) is 1.89. The van der Waals surface area contributed by atoms with Gasteiger partial charge in [-0.15, -0.1) is 0 Å². The molecule has 1 heterocycles. The lowest BCUT2D eigenvalue weighted by molar-refractivity contribution is -0.112. The number of halogens is 2. The molecule has 0 unspecified atom stereocenters. The monoisotopic (exact) mass is 414 g/mol. The maximum atomic E-state index is 12.3. The lowest BCUT2D eigenvalue weighted by atomic mass is 10.2. The summed E-state index contributed by atoms with van der Waals surface area (Å²) in [6.45, 7) is 0. The van der Waals surface area contributed by atoms with Crippen LogP contribution in [0.3, 0.4) is 0 Å². The Balaban J connectivity index is 2.05. The van der Waals surface area contributed by atoms with Gasteiger partial charge >= 0.3 is 0 Å². The normalized spacial score (nSPS) is 12.8. The van der Waals surface area contributed by atoms with Crippen molar-refractivity contribution in [2.75, 3.05) is 19.5 Å². The molecule has 1 N–H and O–H groups in total. The molecule has 0 aliphatic heterocycles. The second-order valence-electron chi connectivity index (χ2n) is 4.97. The number of pyridine rings is 1. The Morgan fingerprint density at radius 1 is 1.12 bits per heavy atom. The van der Waals surface area contributed by atoms with Crippen molar-refractivity contribution in [1.29, 1.82) is 0 Å². The number of hydrogen-bond donors (Lipinski definition) is 1. The average Bonchev–Trinajstić information content (AvgIpc) is 2.67. The molecule has 1 aromatic heterocycles. The van der Waals surface area contributed by atoms with Gasteiger partial charge in [0.15, 0.2) is 0 Å². The lowest BCUT2D eigenvalue weighted by Crippen LogP contribution is -2.14. The third-order valence-corrected chi connectivity index (χ3v) is 5.71. The predicted molar refractivity (Wildman–Crippen MR) is 103 cm³/mol. The van der Waals surface area contributed by atoms with E-state index in [-0.39, 0.29) is 15.1 Å². The van der Waals surface area contributed by atoms with Crippen LogP contribution in [0.4, 0.5) is 5.69 Å². The number of carbonyl (C=O) groups excluding carboxylic acids is 1. The molecular formula is C17H16Cl2N2O4S. The second kappa shape index (κ2) is 9.56. The summed E-state index contributed by atoms with van der Waals surface area (Å²) in [6.07, 6.45) is 1.41. The molecule has 1 aromatic carbocycles. The summed E-state index contributed by atoms with van der Waals surface area (Å²) >= 11 is 12.0. The molecule has 138 valence electrons. The lowest BCUT2D eigenvalue weighted by Gasteiger charge is -2.07. The van der Waals surface area contributed by atoms with Gasteiger partial charge in [0.2, 0.25) is 5.88 Å². The van der Waals surface area contributed by atoms with Crippen molar-refractivity contribution >= 4 is 45.6 Å². The van der Waals surface area contributed by atoms with Crippen LogP contribution >= 0.6 is 23.2 Å². The number of ether oxygens (including phenoxy) is 2. The Kier molecular flexibility index (Phi) is 7.44. The minimum Gasteiger partial charge on any atom is -0.497 e. The molecule has 2 aromatic rings. The number of rotatable bonds is 7. The maximum Gasteiger partial charge on any atom is 0.269 e. The summed E-state index contributed by atoms with van der Waals surface area (Å²) in [5.41, 5.74) is 1.17. The van der Waals surface area contributed by atoms with E-state index in [2.05, 4.69) is 10.3 Å². The van der Waals surface area contributed by atoms with Crippen LogP contribution in [0.2, 0.25) is 0 Å². The maximum absolute atomic E-state index is 12.3. The molecule has 0 aliphatic carbocycles. The van der Waals surface area contributed by atoms with E-state index in [0.29, 0.717) is 17.3 Å². The van der Waals surface area contributed by atoms with Crippen molar-refractivity contribution in [2.24, 2.45) is 0 Å². The summed E-state index contributed by atoms with van der Waals surface area (Å²) in [5.74, 6) is 0.540. The van der Waals surface area contributed by atoms with Crippen LogP contribution in [-0.2, 0) is 21.3 Å². The highest BCUT2D eigenvalue weighted by molar-refractivity contribution is 7.90. The standard InChI is InChI=1S/C17H16Cl2N2O4S/c1-24-13-6-3-11(4-7-13)10-26(23)16(19)15(18)17(22)21-12-5-8-14(25-2)20-9-12/h3-9H,10H2,1-2H3,(H,21,22)/b16-15+/t26-/m0/s1. The fourth-order valence-corrected chi connectivity index (χ4v) is 3.36. The Bertz CT molecular complexity index is 754. The quantitative estimate of drug-likeness (QED) is 0.699. The number of nitrogens with zero attached hydrogens (tertiary/aromatic N) is 1. The minimum absolute atomic E-state index is 0.121. The molecule has 6 nitrogen and oxygen atoms in total. The first-order valence-corrected chi connectivity index (χ1v) is 9.40. The van der Waals surface area contributed by atoms with E-state index in [1.54, 1.807) is 43.5 Å². The van der Waals surface area contributed by atoms with Gasteiger partial charge < -0.3 is 14.8 Å². The van der Waals surface area contributed by atoms with Crippen LogP contribution in [0, 0.1) is 0 Å². The molecule has 1 amide bonds. The van der Waals surface area contributed by atoms with Crippen molar-refractivity contribution in [3.63, 3.8) is 0 Å². The third kappa shape index (κ3) is 5.45. The summed E-state index contributed by atoms with van der Waals surface area (Å²) in [7, 11) is 1.38. The van der Waals surface area contributed by atoms with Gasteiger partial charge in [-0.05, 0) is 23.8 Å². The molecule has 0 spiro atoms. The average molecular weight is 415 g/mol. The highest BCUT2D eigenvalue weighted by atomic mass is 35.5. The Labute approximate surface area is 163 Å². The summed E-state index contributed by atoms with van der Waals surface area (Å²) in [6, 6.07) is 10.2. The highest BCUT2D eigenvalue weighted by Gasteiger charge is 2.18. The predicted octanol–water partition coefficient (Wildman–Crippen LogP) is 3.63. The number of anilines is 1. The third-order valence-electron chi connectivity index (χ3n) is 3.23. The zero-order valence-electron chi connectivity index (χ0n) is 14.0. The Morgan fingerprint density at radius 2 is 1.81 bits per heavy atom. The number of aromatic nitrogens is 1. The van der Waals surface area contributed by atoms with Gasteiger partial charge in [-0.1, -0.05) is 35.3 Å². The minimum atomic E-state index is -1.66. The van der Waals surface area contributed by atoms with Gasteiger partial charge in [-0.2, -0.15) is 0 Å². The molecule has 0 fully saturated rings. The summed E-state index contributed by atoms with van der Waals surface area (Å²) in [4.78, 5) is 16.1. The van der Waals surface area contributed by atoms with Crippen LogP contribution in [0.5, 0.6) is 11.6 Å². The Morgan fingerprint density at radius 3 is 2.35 bits per heavy atom. The highest BCUT2D eigenvalue weighted by Crippen LogP contribution is 2.23. The first kappa shape index (κ1) is 20.2. The van der Waals surface area contributed by atoms with E-state index < -0.39 is 16.7 Å². The van der Waals surface area contributed by atoms with E-state index in [4.69, 9.17) is 32.7 Å². The van der Waals surface area contributed by atoms with Crippen LogP contribution < -0.4 is 14.8 Å². The first-order chi connectivity index (χ1) is 12.4. The fraction of sp³-hybridized carbons (Fsp3) is 0.176. The van der Waals surface area contributed by atoms with Gasteiger partial charge in [0.25, 0.3) is 5.91 Å². The number of hydrogen-bond acceptors (Lipinski definition) is 5. The smallest absolute Gasteiger partial charge is 0.269 e. The van der Waals surface area contributed by atoms with Crippen LogP contribution in [-0.4, -0.2) is 29.3 Å². The summed E-state index contributed by atoms with van der Waals surface area (Å²) in [5, 5.41) is 2.19. The van der Waals surface area contributed by atoms with E-state index in [0.717, 1.165) is 5.56 Å². The molecule has 26 heavy (non-hydrogen) atoms. The summed E-state index contributed by atoms with van der Waals surface area (Å²) < 4.78 is 22.1. The van der Waals surface area contributed by atoms with Gasteiger partial charge in [-0.25, -0.2) is 4.98 Å². The van der Waals surface area contributed by atoms with E-state index in [9.17, 15) is 9.00 Å².